The first-order chi connectivity index (χ1) is 13.8. The zero-order chi connectivity index (χ0) is 20.9. The van der Waals surface area contributed by atoms with Crippen LogP contribution >= 0.6 is 23.1 Å². The van der Waals surface area contributed by atoms with Gasteiger partial charge >= 0.3 is 5.97 Å². The van der Waals surface area contributed by atoms with Gasteiger partial charge in [0.05, 0.1) is 5.69 Å². The highest BCUT2D eigenvalue weighted by atomic mass is 32.2. The molecule has 0 radical (unpaired) electrons. The Kier molecular flexibility index (Phi) is 6.81. The van der Waals surface area contributed by atoms with Gasteiger partial charge in [-0.2, -0.15) is 0 Å². The number of nitrogens with zero attached hydrogens (tertiary/aromatic N) is 3. The van der Waals surface area contributed by atoms with Crippen molar-refractivity contribution in [1.82, 2.24) is 15.0 Å². The fraction of sp³-hybridized carbons (Fsp3) is 0.300. The van der Waals surface area contributed by atoms with Gasteiger partial charge < -0.3 is 10.4 Å². The molecule has 0 saturated heterocycles. The Morgan fingerprint density at radius 3 is 2.55 bits per heavy atom. The van der Waals surface area contributed by atoms with Gasteiger partial charge in [0.25, 0.3) is 0 Å². The molecule has 0 spiro atoms. The normalized spacial score (nSPS) is 11.4. The number of aryl methyl sites for hydroxylation is 1. The highest BCUT2D eigenvalue weighted by Crippen LogP contribution is 2.34. The van der Waals surface area contributed by atoms with Crippen molar-refractivity contribution in [3.63, 3.8) is 0 Å². The summed E-state index contributed by atoms with van der Waals surface area (Å²) in [6, 6.07) is 6.21. The van der Waals surface area contributed by atoms with Crippen molar-refractivity contribution < 1.29 is 14.3 Å². The van der Waals surface area contributed by atoms with Crippen molar-refractivity contribution in [2.24, 2.45) is 0 Å². The zero-order valence-electron chi connectivity index (χ0n) is 16.1. The fourth-order valence-corrected chi connectivity index (χ4v) is 4.62. The maximum atomic E-state index is 13.0. The Morgan fingerprint density at radius 1 is 1.21 bits per heavy atom. The third kappa shape index (κ3) is 5.98. The molecular formula is C20H21FN4O2S2. The predicted molar refractivity (Wildman–Crippen MR) is 114 cm³/mol. The number of benzene rings is 1. The molecule has 0 unspecified atom stereocenters. The fourth-order valence-electron chi connectivity index (χ4n) is 2.39. The average Bonchev–Trinajstić information content (AvgIpc) is 3.13. The van der Waals surface area contributed by atoms with Crippen LogP contribution in [0.1, 0.15) is 26.0 Å². The first kappa shape index (κ1) is 21.2. The summed E-state index contributed by atoms with van der Waals surface area (Å²) < 4.78 is 12.9. The van der Waals surface area contributed by atoms with Crippen LogP contribution < -0.4 is 5.32 Å². The smallest absolute Gasteiger partial charge is 0.319 e. The van der Waals surface area contributed by atoms with Crippen molar-refractivity contribution in [3.8, 4) is 11.1 Å². The van der Waals surface area contributed by atoms with Crippen LogP contribution in [0.5, 0.6) is 0 Å². The molecule has 0 saturated carbocycles. The van der Waals surface area contributed by atoms with Crippen LogP contribution in [-0.2, 0) is 11.2 Å². The number of carboxylic acid groups (broad SMARTS) is 1. The third-order valence-electron chi connectivity index (χ3n) is 4.11. The van der Waals surface area contributed by atoms with E-state index in [1.165, 1.54) is 35.2 Å². The largest absolute Gasteiger partial charge is 0.480 e. The van der Waals surface area contributed by atoms with Gasteiger partial charge in [0.1, 0.15) is 10.6 Å². The molecule has 0 atom stereocenters. The van der Waals surface area contributed by atoms with Crippen LogP contribution in [0.3, 0.4) is 0 Å². The molecule has 2 N–H and O–H groups in total. The first-order valence-corrected chi connectivity index (χ1v) is 10.7. The highest BCUT2D eigenvalue weighted by Gasteiger charge is 2.29. The number of thiazole rings is 1. The van der Waals surface area contributed by atoms with E-state index in [9.17, 15) is 14.3 Å². The van der Waals surface area contributed by atoms with Gasteiger partial charge in [-0.1, -0.05) is 23.9 Å². The molecule has 6 nitrogen and oxygen atoms in total. The predicted octanol–water partition coefficient (Wildman–Crippen LogP) is 4.74. The number of thioether (sulfide) groups is 1. The van der Waals surface area contributed by atoms with Crippen LogP contribution in [-0.4, -0.2) is 37.3 Å². The van der Waals surface area contributed by atoms with E-state index in [1.54, 1.807) is 38.4 Å². The quantitative estimate of drug-likeness (QED) is 0.373. The molecular weight excluding hydrogens is 411 g/mol. The molecule has 0 bridgehead atoms. The number of halogens is 1. The standard InChI is InChI=1S/C20H21FN4O2S2/c1-20(2,17(26)27)29-19-25-16(12-28-19)4-3-9-22-18-23-10-14(11-24-18)13-5-7-15(21)8-6-13/h5-8,10-12H,3-4,9H2,1-2H3,(H,26,27)(H,22,23,24). The lowest BCUT2D eigenvalue weighted by atomic mass is 10.1. The molecule has 3 rings (SSSR count). The van der Waals surface area contributed by atoms with Crippen molar-refractivity contribution in [2.45, 2.75) is 35.8 Å². The van der Waals surface area contributed by atoms with Crippen molar-refractivity contribution in [1.29, 1.82) is 0 Å². The van der Waals surface area contributed by atoms with Crippen LogP contribution in [0.15, 0.2) is 46.4 Å². The maximum absolute atomic E-state index is 13.0. The summed E-state index contributed by atoms with van der Waals surface area (Å²) in [6.45, 7) is 4.04. The number of hydrogen-bond acceptors (Lipinski definition) is 7. The minimum atomic E-state index is -0.895. The van der Waals surface area contributed by atoms with E-state index >= 15 is 0 Å². The Bertz CT molecular complexity index is 959. The van der Waals surface area contributed by atoms with Crippen LogP contribution in [0.4, 0.5) is 10.3 Å². The lowest BCUT2D eigenvalue weighted by Gasteiger charge is -2.15. The molecule has 0 aliphatic rings. The Hall–Kier alpha value is -2.52. The Balaban J connectivity index is 1.45. The van der Waals surface area contributed by atoms with Gasteiger partial charge in [-0.05, 0) is 44.4 Å². The van der Waals surface area contributed by atoms with E-state index in [0.29, 0.717) is 12.5 Å². The molecule has 2 aromatic heterocycles. The first-order valence-electron chi connectivity index (χ1n) is 9.02. The number of nitrogens with one attached hydrogen (secondary N) is 1. The summed E-state index contributed by atoms with van der Waals surface area (Å²) >= 11 is 2.73. The van der Waals surface area contributed by atoms with E-state index in [0.717, 1.165) is 34.0 Å². The highest BCUT2D eigenvalue weighted by molar-refractivity contribution is 8.02. The molecule has 1 aromatic carbocycles. The lowest BCUT2D eigenvalue weighted by molar-refractivity contribution is -0.138. The van der Waals surface area contributed by atoms with Gasteiger partial charge in [0.2, 0.25) is 5.95 Å². The molecule has 9 heteroatoms. The Morgan fingerprint density at radius 2 is 1.90 bits per heavy atom. The van der Waals surface area contributed by atoms with Crippen LogP contribution in [0.25, 0.3) is 11.1 Å². The number of aromatic nitrogens is 3. The molecule has 2 heterocycles. The van der Waals surface area contributed by atoms with Gasteiger partial charge in [0.15, 0.2) is 4.34 Å². The van der Waals surface area contributed by atoms with Crippen molar-refractivity contribution in [3.05, 3.63) is 53.6 Å². The summed E-state index contributed by atoms with van der Waals surface area (Å²) in [5.41, 5.74) is 2.64. The van der Waals surface area contributed by atoms with E-state index in [-0.39, 0.29) is 5.82 Å². The molecule has 0 aliphatic heterocycles. The number of carbonyl (C=O) groups is 1. The van der Waals surface area contributed by atoms with Gasteiger partial charge in [0, 0.05) is 29.9 Å². The van der Waals surface area contributed by atoms with Crippen molar-refractivity contribution in [2.75, 3.05) is 11.9 Å². The average molecular weight is 433 g/mol. The topological polar surface area (TPSA) is 88.0 Å². The molecule has 0 aliphatic carbocycles. The van der Waals surface area contributed by atoms with Gasteiger partial charge in [-0.25, -0.2) is 19.3 Å². The summed E-state index contributed by atoms with van der Waals surface area (Å²) in [5, 5.41) is 14.3. The SMILES string of the molecule is CC(C)(Sc1nc(CCCNc2ncc(-c3ccc(F)cc3)cn2)cs1)C(=O)O. The zero-order valence-corrected chi connectivity index (χ0v) is 17.7. The minimum Gasteiger partial charge on any atom is -0.480 e. The van der Waals surface area contributed by atoms with E-state index < -0.39 is 10.7 Å². The number of anilines is 1. The molecule has 29 heavy (non-hydrogen) atoms. The van der Waals surface area contributed by atoms with E-state index in [4.69, 9.17) is 0 Å². The second kappa shape index (κ2) is 9.32. The third-order valence-corrected chi connectivity index (χ3v) is 6.28. The van der Waals surface area contributed by atoms with E-state index in [1.807, 2.05) is 5.38 Å². The van der Waals surface area contributed by atoms with Gasteiger partial charge in [-0.3, -0.25) is 4.79 Å². The number of carboxylic acids is 1. The van der Waals surface area contributed by atoms with Crippen LogP contribution in [0.2, 0.25) is 0 Å². The lowest BCUT2D eigenvalue weighted by Crippen LogP contribution is -2.26. The minimum absolute atomic E-state index is 0.274. The van der Waals surface area contributed by atoms with Crippen LogP contribution in [0, 0.1) is 5.82 Å². The summed E-state index contributed by atoms with van der Waals surface area (Å²) in [4.78, 5) is 24.3. The number of hydrogen-bond donors (Lipinski definition) is 2. The summed E-state index contributed by atoms with van der Waals surface area (Å²) in [6.07, 6.45) is 5.04. The molecule has 0 amide bonds. The number of aliphatic carboxylic acids is 1. The monoisotopic (exact) mass is 432 g/mol. The molecule has 152 valence electrons. The van der Waals surface area contributed by atoms with Gasteiger partial charge in [-0.15, -0.1) is 11.3 Å². The summed E-state index contributed by atoms with van der Waals surface area (Å²) in [7, 11) is 0. The summed E-state index contributed by atoms with van der Waals surface area (Å²) in [5.74, 6) is -0.591. The molecule has 3 aromatic rings. The second-order valence-corrected chi connectivity index (χ2v) is 9.58. The van der Waals surface area contributed by atoms with E-state index in [2.05, 4.69) is 20.3 Å². The second-order valence-electron chi connectivity index (χ2n) is 6.85. The molecule has 0 fully saturated rings. The Labute approximate surface area is 176 Å². The van der Waals surface area contributed by atoms with Crippen molar-refractivity contribution >= 4 is 35.0 Å². The number of rotatable bonds is 9. The maximum Gasteiger partial charge on any atom is 0.319 e.